The highest BCUT2D eigenvalue weighted by atomic mass is 16.4. The molecule has 0 radical (unpaired) electrons. The standard InChI is InChI=1S/C11H20N2O3/c1-3-9-4-10(12-8(2)14)6-13(5-9)7-11(15)16/h9-10H,3-7H2,1-2H3,(H,12,14)(H,15,16). The number of carboxylic acid groups (broad SMARTS) is 1. The van der Waals surface area contributed by atoms with Crippen LogP contribution in [0.2, 0.25) is 0 Å². The molecule has 0 saturated carbocycles. The molecule has 16 heavy (non-hydrogen) atoms. The number of nitrogens with one attached hydrogen (secondary N) is 1. The van der Waals surface area contributed by atoms with Crippen LogP contribution in [0.15, 0.2) is 0 Å². The molecule has 0 aromatic rings. The summed E-state index contributed by atoms with van der Waals surface area (Å²) >= 11 is 0. The van der Waals surface area contributed by atoms with E-state index in [1.54, 1.807) is 0 Å². The van der Waals surface area contributed by atoms with Gasteiger partial charge in [-0.1, -0.05) is 13.3 Å². The maximum absolute atomic E-state index is 11.0. The Morgan fingerprint density at radius 1 is 1.44 bits per heavy atom. The maximum Gasteiger partial charge on any atom is 0.317 e. The molecule has 1 fully saturated rings. The van der Waals surface area contributed by atoms with Gasteiger partial charge in [-0.3, -0.25) is 14.5 Å². The minimum Gasteiger partial charge on any atom is -0.480 e. The first kappa shape index (κ1) is 13.0. The second-order valence-corrected chi connectivity index (χ2v) is 4.50. The van der Waals surface area contributed by atoms with Gasteiger partial charge in [0.15, 0.2) is 0 Å². The van der Waals surface area contributed by atoms with Crippen LogP contribution in [0, 0.1) is 5.92 Å². The number of carbonyl (C=O) groups is 2. The summed E-state index contributed by atoms with van der Waals surface area (Å²) in [6.45, 7) is 5.12. The van der Waals surface area contributed by atoms with Gasteiger partial charge in [0.25, 0.3) is 0 Å². The number of carbonyl (C=O) groups excluding carboxylic acids is 1. The molecule has 1 aliphatic heterocycles. The van der Waals surface area contributed by atoms with E-state index in [1.807, 2.05) is 4.90 Å². The van der Waals surface area contributed by atoms with Gasteiger partial charge in [0, 0.05) is 26.1 Å². The van der Waals surface area contributed by atoms with E-state index in [4.69, 9.17) is 5.11 Å². The molecule has 0 bridgehead atoms. The monoisotopic (exact) mass is 228 g/mol. The molecule has 1 saturated heterocycles. The van der Waals surface area contributed by atoms with Gasteiger partial charge in [0.1, 0.15) is 0 Å². The van der Waals surface area contributed by atoms with Crippen LogP contribution in [0.5, 0.6) is 0 Å². The summed E-state index contributed by atoms with van der Waals surface area (Å²) in [6, 6.07) is 0.0931. The minimum absolute atomic E-state index is 0.0444. The molecule has 1 amide bonds. The van der Waals surface area contributed by atoms with E-state index < -0.39 is 5.97 Å². The largest absolute Gasteiger partial charge is 0.480 e. The van der Waals surface area contributed by atoms with E-state index in [-0.39, 0.29) is 18.5 Å². The molecule has 0 aromatic heterocycles. The molecule has 2 N–H and O–H groups in total. The van der Waals surface area contributed by atoms with Gasteiger partial charge in [-0.05, 0) is 12.3 Å². The molecule has 1 heterocycles. The van der Waals surface area contributed by atoms with E-state index in [0.717, 1.165) is 19.4 Å². The highest BCUT2D eigenvalue weighted by molar-refractivity contribution is 5.73. The predicted octanol–water partition coefficient (Wildman–Crippen LogP) is 0.308. The Morgan fingerprint density at radius 2 is 2.12 bits per heavy atom. The van der Waals surface area contributed by atoms with Gasteiger partial charge >= 0.3 is 5.97 Å². The Hall–Kier alpha value is -1.10. The Morgan fingerprint density at radius 3 is 2.62 bits per heavy atom. The summed E-state index contributed by atoms with van der Waals surface area (Å²) in [5.41, 5.74) is 0. The zero-order valence-electron chi connectivity index (χ0n) is 9.90. The first-order chi connectivity index (χ1) is 7.51. The molecule has 2 atom stereocenters. The predicted molar refractivity (Wildman–Crippen MR) is 60.1 cm³/mol. The molecule has 0 aliphatic carbocycles. The SMILES string of the molecule is CCC1CC(NC(C)=O)CN(CC(=O)O)C1. The third kappa shape index (κ3) is 4.18. The van der Waals surface area contributed by atoms with Crippen molar-refractivity contribution in [3.63, 3.8) is 0 Å². The number of likely N-dealkylation sites (tertiary alicyclic amines) is 1. The van der Waals surface area contributed by atoms with Crippen molar-refractivity contribution >= 4 is 11.9 Å². The zero-order valence-corrected chi connectivity index (χ0v) is 9.90. The number of aliphatic carboxylic acids is 1. The minimum atomic E-state index is -0.807. The fourth-order valence-corrected chi connectivity index (χ4v) is 2.31. The normalized spacial score (nSPS) is 26.4. The summed E-state index contributed by atoms with van der Waals surface area (Å²) in [5.74, 6) is -0.375. The van der Waals surface area contributed by atoms with Crippen molar-refractivity contribution in [3.05, 3.63) is 0 Å². The lowest BCUT2D eigenvalue weighted by Gasteiger charge is -2.36. The van der Waals surface area contributed by atoms with E-state index >= 15 is 0 Å². The topological polar surface area (TPSA) is 69.6 Å². The quantitative estimate of drug-likeness (QED) is 0.726. The van der Waals surface area contributed by atoms with Crippen molar-refractivity contribution in [2.45, 2.75) is 32.7 Å². The van der Waals surface area contributed by atoms with Gasteiger partial charge in [-0.15, -0.1) is 0 Å². The van der Waals surface area contributed by atoms with Crippen LogP contribution in [-0.4, -0.2) is 47.6 Å². The molecule has 1 aliphatic rings. The number of rotatable bonds is 4. The van der Waals surface area contributed by atoms with E-state index in [2.05, 4.69) is 12.2 Å². The van der Waals surface area contributed by atoms with Crippen molar-refractivity contribution in [2.24, 2.45) is 5.92 Å². The molecule has 2 unspecified atom stereocenters. The Bertz CT molecular complexity index is 244. The third-order valence-electron chi connectivity index (χ3n) is 2.96. The smallest absolute Gasteiger partial charge is 0.317 e. The Kier molecular flexibility index (Phi) is 4.73. The summed E-state index contributed by atoms with van der Waals surface area (Å²) in [7, 11) is 0. The molecular formula is C11H20N2O3. The Balaban J connectivity index is 2.53. The van der Waals surface area contributed by atoms with Gasteiger partial charge in [0.2, 0.25) is 5.91 Å². The summed E-state index contributed by atoms with van der Waals surface area (Å²) in [4.78, 5) is 23.6. The van der Waals surface area contributed by atoms with E-state index in [1.165, 1.54) is 6.92 Å². The van der Waals surface area contributed by atoms with Crippen LogP contribution in [0.4, 0.5) is 0 Å². The van der Waals surface area contributed by atoms with Crippen molar-refractivity contribution in [1.82, 2.24) is 10.2 Å². The van der Waals surface area contributed by atoms with Gasteiger partial charge in [0.05, 0.1) is 6.54 Å². The maximum atomic E-state index is 11.0. The first-order valence-corrected chi connectivity index (χ1v) is 5.72. The molecular weight excluding hydrogens is 208 g/mol. The van der Waals surface area contributed by atoms with Gasteiger partial charge < -0.3 is 10.4 Å². The molecule has 1 rings (SSSR count). The van der Waals surface area contributed by atoms with Crippen LogP contribution in [0.3, 0.4) is 0 Å². The second kappa shape index (κ2) is 5.84. The third-order valence-corrected chi connectivity index (χ3v) is 2.96. The number of nitrogens with zero attached hydrogens (tertiary/aromatic N) is 1. The van der Waals surface area contributed by atoms with Crippen molar-refractivity contribution in [2.75, 3.05) is 19.6 Å². The van der Waals surface area contributed by atoms with E-state index in [0.29, 0.717) is 12.5 Å². The lowest BCUT2D eigenvalue weighted by atomic mass is 9.92. The lowest BCUT2D eigenvalue weighted by Crippen LogP contribution is -2.51. The van der Waals surface area contributed by atoms with Crippen LogP contribution >= 0.6 is 0 Å². The number of hydrogen-bond acceptors (Lipinski definition) is 3. The van der Waals surface area contributed by atoms with Crippen LogP contribution in [-0.2, 0) is 9.59 Å². The fraction of sp³-hybridized carbons (Fsp3) is 0.818. The average molecular weight is 228 g/mol. The van der Waals surface area contributed by atoms with Crippen molar-refractivity contribution < 1.29 is 14.7 Å². The van der Waals surface area contributed by atoms with E-state index in [9.17, 15) is 9.59 Å². The summed E-state index contributed by atoms with van der Waals surface area (Å²) < 4.78 is 0. The highest BCUT2D eigenvalue weighted by Gasteiger charge is 2.27. The van der Waals surface area contributed by atoms with Crippen molar-refractivity contribution in [1.29, 1.82) is 0 Å². The molecule has 5 nitrogen and oxygen atoms in total. The second-order valence-electron chi connectivity index (χ2n) is 4.50. The fourth-order valence-electron chi connectivity index (χ4n) is 2.31. The molecule has 92 valence electrons. The van der Waals surface area contributed by atoms with Crippen LogP contribution in [0.1, 0.15) is 26.7 Å². The van der Waals surface area contributed by atoms with Crippen molar-refractivity contribution in [3.8, 4) is 0 Å². The highest BCUT2D eigenvalue weighted by Crippen LogP contribution is 2.19. The summed E-state index contributed by atoms with van der Waals surface area (Å²) in [6.07, 6.45) is 1.97. The number of piperidine rings is 1. The zero-order chi connectivity index (χ0) is 12.1. The number of carboxylic acids is 1. The van der Waals surface area contributed by atoms with Crippen LogP contribution < -0.4 is 5.32 Å². The molecule has 0 spiro atoms. The number of hydrogen-bond donors (Lipinski definition) is 2. The Labute approximate surface area is 95.8 Å². The number of amides is 1. The first-order valence-electron chi connectivity index (χ1n) is 5.72. The summed E-state index contributed by atoms with van der Waals surface area (Å²) in [5, 5.41) is 11.6. The average Bonchev–Trinajstić information content (AvgIpc) is 2.14. The lowest BCUT2D eigenvalue weighted by molar-refractivity contribution is -0.138. The van der Waals surface area contributed by atoms with Gasteiger partial charge in [-0.2, -0.15) is 0 Å². The molecule has 5 heteroatoms. The van der Waals surface area contributed by atoms with Crippen LogP contribution in [0.25, 0.3) is 0 Å². The van der Waals surface area contributed by atoms with Gasteiger partial charge in [-0.25, -0.2) is 0 Å². The molecule has 0 aromatic carbocycles.